The van der Waals surface area contributed by atoms with Crippen LogP contribution in [0.4, 0.5) is 4.39 Å². The summed E-state index contributed by atoms with van der Waals surface area (Å²) in [5, 5.41) is 21.3. The second-order valence-corrected chi connectivity index (χ2v) is 8.47. The molecule has 3 unspecified atom stereocenters. The molecule has 1 fully saturated rings. The van der Waals surface area contributed by atoms with Crippen molar-refractivity contribution in [2.24, 2.45) is 5.92 Å². The number of rotatable bonds is 5. The van der Waals surface area contributed by atoms with Gasteiger partial charge < -0.3 is 15.1 Å². The van der Waals surface area contributed by atoms with Crippen molar-refractivity contribution in [3.05, 3.63) is 64.9 Å². The highest BCUT2D eigenvalue weighted by atomic mass is 32.1. The standard InChI is InChI=1S/C22H21FN2O4S/c23-15-9-7-13(8-10-15)18(26)14-4-3-11-25(12-14)22(29)20(28)19(27)21-24-16-5-1-2-6-17(16)30-21/h1-2,5-10,14,19-20,27-28H,3-4,11-12H2. The predicted octanol–water partition coefficient (Wildman–Crippen LogP) is 2.95. The van der Waals surface area contributed by atoms with Crippen molar-refractivity contribution in [1.29, 1.82) is 0 Å². The molecule has 2 aromatic carbocycles. The number of piperidine rings is 1. The number of aliphatic hydroxyl groups excluding tert-OH is 2. The van der Waals surface area contributed by atoms with E-state index in [1.807, 2.05) is 18.2 Å². The van der Waals surface area contributed by atoms with Crippen LogP contribution in [-0.4, -0.2) is 51.0 Å². The Labute approximate surface area is 176 Å². The fourth-order valence-corrected chi connectivity index (χ4v) is 4.70. The number of likely N-dealkylation sites (tertiary alicyclic amines) is 1. The van der Waals surface area contributed by atoms with E-state index in [1.165, 1.54) is 40.5 Å². The van der Waals surface area contributed by atoms with Gasteiger partial charge in [0.05, 0.1) is 10.2 Å². The predicted molar refractivity (Wildman–Crippen MR) is 111 cm³/mol. The second-order valence-electron chi connectivity index (χ2n) is 7.40. The van der Waals surface area contributed by atoms with Gasteiger partial charge in [-0.3, -0.25) is 9.59 Å². The lowest BCUT2D eigenvalue weighted by atomic mass is 9.89. The number of carbonyl (C=O) groups is 2. The monoisotopic (exact) mass is 428 g/mol. The third-order valence-electron chi connectivity index (χ3n) is 5.35. The maximum atomic E-state index is 13.1. The number of aliphatic hydroxyl groups is 2. The van der Waals surface area contributed by atoms with Gasteiger partial charge in [0.25, 0.3) is 5.91 Å². The van der Waals surface area contributed by atoms with Crippen molar-refractivity contribution < 1.29 is 24.2 Å². The number of Topliss-reactive ketones (excluding diaryl/α,β-unsaturated/α-hetero) is 1. The van der Waals surface area contributed by atoms with Crippen LogP contribution < -0.4 is 0 Å². The van der Waals surface area contributed by atoms with Crippen molar-refractivity contribution >= 4 is 33.2 Å². The maximum absolute atomic E-state index is 13.1. The molecule has 3 aromatic rings. The molecule has 156 valence electrons. The molecular weight excluding hydrogens is 407 g/mol. The molecule has 0 spiro atoms. The lowest BCUT2D eigenvalue weighted by molar-refractivity contribution is -0.148. The minimum absolute atomic E-state index is 0.151. The number of benzene rings is 2. The molecule has 1 amide bonds. The largest absolute Gasteiger partial charge is 0.383 e. The van der Waals surface area contributed by atoms with E-state index in [0.29, 0.717) is 30.5 Å². The minimum atomic E-state index is -1.66. The summed E-state index contributed by atoms with van der Waals surface area (Å²) < 4.78 is 14.0. The van der Waals surface area contributed by atoms with E-state index in [-0.39, 0.29) is 17.3 Å². The Morgan fingerprint density at radius 1 is 1.13 bits per heavy atom. The van der Waals surface area contributed by atoms with Crippen molar-refractivity contribution in [1.82, 2.24) is 9.88 Å². The van der Waals surface area contributed by atoms with Crippen LogP contribution in [-0.2, 0) is 4.79 Å². The van der Waals surface area contributed by atoms with E-state index >= 15 is 0 Å². The number of ketones is 1. The molecule has 0 bridgehead atoms. The average Bonchev–Trinajstić information content (AvgIpc) is 3.22. The molecule has 0 radical (unpaired) electrons. The van der Waals surface area contributed by atoms with Gasteiger partial charge in [-0.2, -0.15) is 0 Å². The molecule has 0 aliphatic carbocycles. The van der Waals surface area contributed by atoms with Crippen LogP contribution in [0.5, 0.6) is 0 Å². The van der Waals surface area contributed by atoms with Crippen LogP contribution in [0.25, 0.3) is 10.2 Å². The number of hydrogen-bond donors (Lipinski definition) is 2. The van der Waals surface area contributed by atoms with Gasteiger partial charge in [0.2, 0.25) is 0 Å². The molecule has 3 atom stereocenters. The number of hydrogen-bond acceptors (Lipinski definition) is 6. The summed E-state index contributed by atoms with van der Waals surface area (Å²) >= 11 is 1.23. The summed E-state index contributed by atoms with van der Waals surface area (Å²) in [5.74, 6) is -1.63. The number of aromatic nitrogens is 1. The maximum Gasteiger partial charge on any atom is 0.254 e. The molecule has 1 aliphatic heterocycles. The second kappa shape index (κ2) is 8.59. The van der Waals surface area contributed by atoms with Crippen LogP contribution in [0.15, 0.2) is 48.5 Å². The zero-order valence-electron chi connectivity index (χ0n) is 16.1. The first kappa shape index (κ1) is 20.6. The third-order valence-corrected chi connectivity index (χ3v) is 6.46. The molecule has 30 heavy (non-hydrogen) atoms. The fourth-order valence-electron chi connectivity index (χ4n) is 3.71. The van der Waals surface area contributed by atoms with Gasteiger partial charge in [-0.1, -0.05) is 12.1 Å². The highest BCUT2D eigenvalue weighted by Crippen LogP contribution is 2.29. The lowest BCUT2D eigenvalue weighted by Crippen LogP contribution is -2.48. The molecule has 2 heterocycles. The molecule has 1 aromatic heterocycles. The lowest BCUT2D eigenvalue weighted by Gasteiger charge is -2.34. The van der Waals surface area contributed by atoms with Crippen molar-refractivity contribution in [3.8, 4) is 0 Å². The summed E-state index contributed by atoms with van der Waals surface area (Å²) in [4.78, 5) is 31.3. The summed E-state index contributed by atoms with van der Waals surface area (Å²) in [6, 6.07) is 12.7. The zero-order valence-corrected chi connectivity index (χ0v) is 16.9. The number of para-hydroxylation sites is 1. The minimum Gasteiger partial charge on any atom is -0.383 e. The van der Waals surface area contributed by atoms with Crippen LogP contribution >= 0.6 is 11.3 Å². The zero-order chi connectivity index (χ0) is 21.3. The molecular formula is C22H21FN2O4S. The SMILES string of the molecule is O=C(c1ccc(F)cc1)C1CCCN(C(=O)C(O)C(O)c2nc3ccccc3s2)C1. The van der Waals surface area contributed by atoms with E-state index < -0.39 is 29.9 Å². The van der Waals surface area contributed by atoms with Crippen molar-refractivity contribution in [3.63, 3.8) is 0 Å². The number of fused-ring (bicyclic) bond motifs is 1. The van der Waals surface area contributed by atoms with Crippen molar-refractivity contribution in [2.75, 3.05) is 13.1 Å². The molecule has 0 saturated carbocycles. The number of thiazole rings is 1. The summed E-state index contributed by atoms with van der Waals surface area (Å²) in [6.07, 6.45) is -1.89. The molecule has 6 nitrogen and oxygen atoms in total. The normalized spacial score (nSPS) is 18.9. The smallest absolute Gasteiger partial charge is 0.254 e. The van der Waals surface area contributed by atoms with Crippen LogP contribution in [0.1, 0.15) is 34.3 Å². The van der Waals surface area contributed by atoms with Gasteiger partial charge in [-0.25, -0.2) is 9.37 Å². The van der Waals surface area contributed by atoms with Gasteiger partial charge in [0.15, 0.2) is 11.9 Å². The molecule has 2 N–H and O–H groups in total. The Hall–Kier alpha value is -2.68. The van der Waals surface area contributed by atoms with E-state index in [9.17, 15) is 24.2 Å². The Bertz CT molecular complexity index is 1040. The van der Waals surface area contributed by atoms with Gasteiger partial charge in [0, 0.05) is 24.6 Å². The fraction of sp³-hybridized carbons (Fsp3) is 0.318. The summed E-state index contributed by atoms with van der Waals surface area (Å²) in [6.45, 7) is 0.550. The Balaban J connectivity index is 1.45. The highest BCUT2D eigenvalue weighted by molar-refractivity contribution is 7.18. The number of carbonyl (C=O) groups excluding carboxylic acids is 2. The topological polar surface area (TPSA) is 90.7 Å². The summed E-state index contributed by atoms with van der Waals surface area (Å²) in [7, 11) is 0. The number of amides is 1. The van der Waals surface area contributed by atoms with E-state index in [0.717, 1.165) is 4.70 Å². The first-order chi connectivity index (χ1) is 14.4. The van der Waals surface area contributed by atoms with Crippen LogP contribution in [0, 0.1) is 11.7 Å². The number of nitrogens with zero attached hydrogens (tertiary/aromatic N) is 2. The molecule has 1 aliphatic rings. The van der Waals surface area contributed by atoms with E-state index in [2.05, 4.69) is 4.98 Å². The first-order valence-corrected chi connectivity index (χ1v) is 10.6. The Morgan fingerprint density at radius 3 is 2.60 bits per heavy atom. The van der Waals surface area contributed by atoms with E-state index in [1.54, 1.807) is 6.07 Å². The van der Waals surface area contributed by atoms with Gasteiger partial charge in [0.1, 0.15) is 16.9 Å². The van der Waals surface area contributed by atoms with Crippen LogP contribution in [0.2, 0.25) is 0 Å². The summed E-state index contributed by atoms with van der Waals surface area (Å²) in [5.41, 5.74) is 1.09. The highest BCUT2D eigenvalue weighted by Gasteiger charge is 2.35. The number of halogens is 1. The third kappa shape index (κ3) is 4.12. The van der Waals surface area contributed by atoms with Gasteiger partial charge in [-0.15, -0.1) is 11.3 Å². The Kier molecular flexibility index (Phi) is 5.90. The Morgan fingerprint density at radius 2 is 1.87 bits per heavy atom. The van der Waals surface area contributed by atoms with Crippen LogP contribution in [0.3, 0.4) is 0 Å². The molecule has 8 heteroatoms. The van der Waals surface area contributed by atoms with E-state index in [4.69, 9.17) is 0 Å². The molecule has 1 saturated heterocycles. The van der Waals surface area contributed by atoms with Gasteiger partial charge in [-0.05, 0) is 49.2 Å². The average molecular weight is 428 g/mol. The molecule has 4 rings (SSSR count). The van der Waals surface area contributed by atoms with Crippen molar-refractivity contribution in [2.45, 2.75) is 25.0 Å². The first-order valence-electron chi connectivity index (χ1n) is 9.74. The quantitative estimate of drug-likeness (QED) is 0.610. The van der Waals surface area contributed by atoms with Gasteiger partial charge >= 0.3 is 0 Å².